The molecular formula is C32H53FO2Si2. The van der Waals surface area contributed by atoms with Crippen LogP contribution in [0, 0.1) is 17.3 Å². The maximum atomic E-state index is 14.1. The molecule has 2 nitrogen and oxygen atoms in total. The maximum absolute atomic E-state index is 14.1. The zero-order valence-electron chi connectivity index (χ0n) is 25.6. The zero-order valence-corrected chi connectivity index (χ0v) is 27.6. The van der Waals surface area contributed by atoms with E-state index in [2.05, 4.69) is 92.9 Å². The third-order valence-corrected chi connectivity index (χ3v) is 20.4. The lowest BCUT2D eigenvalue weighted by molar-refractivity contribution is 0.0271. The molecule has 0 N–H and O–H groups in total. The van der Waals surface area contributed by atoms with Crippen LogP contribution in [0.1, 0.15) is 91.7 Å². The van der Waals surface area contributed by atoms with Crippen molar-refractivity contribution in [2.24, 2.45) is 17.3 Å². The Hall–Kier alpha value is -0.916. The monoisotopic (exact) mass is 544 g/mol. The summed E-state index contributed by atoms with van der Waals surface area (Å²) < 4.78 is 27.8. The average Bonchev–Trinajstić information content (AvgIpc) is 3.07. The molecule has 0 aliphatic heterocycles. The molecule has 5 heteroatoms. The quantitative estimate of drug-likeness (QED) is 0.343. The van der Waals surface area contributed by atoms with Gasteiger partial charge in [-0.2, -0.15) is 0 Å². The normalized spacial score (nSPS) is 32.7. The largest absolute Gasteiger partial charge is 0.543 e. The topological polar surface area (TPSA) is 18.5 Å². The average molecular weight is 545 g/mol. The lowest BCUT2D eigenvalue weighted by Crippen LogP contribution is -2.50. The lowest BCUT2D eigenvalue weighted by atomic mass is 9.49. The molecule has 37 heavy (non-hydrogen) atoms. The van der Waals surface area contributed by atoms with E-state index < -0.39 is 16.6 Å². The molecule has 0 heterocycles. The predicted octanol–water partition coefficient (Wildman–Crippen LogP) is 9.95. The van der Waals surface area contributed by atoms with Crippen LogP contribution in [0.25, 0.3) is 0 Å². The van der Waals surface area contributed by atoms with Crippen molar-refractivity contribution in [1.82, 2.24) is 0 Å². The molecule has 5 atom stereocenters. The summed E-state index contributed by atoms with van der Waals surface area (Å²) >= 11 is 0. The van der Waals surface area contributed by atoms with Crippen molar-refractivity contribution in [2.75, 3.05) is 0 Å². The van der Waals surface area contributed by atoms with Gasteiger partial charge in [0, 0.05) is 11.5 Å². The van der Waals surface area contributed by atoms with E-state index in [1.54, 1.807) is 0 Å². The van der Waals surface area contributed by atoms with Crippen molar-refractivity contribution in [3.8, 4) is 5.75 Å². The minimum atomic E-state index is -1.91. The second kappa shape index (κ2) is 9.33. The number of halogens is 1. The van der Waals surface area contributed by atoms with Crippen molar-refractivity contribution < 1.29 is 13.2 Å². The maximum Gasteiger partial charge on any atom is 0.250 e. The molecule has 0 saturated heterocycles. The molecule has 0 radical (unpaired) electrons. The number of benzene rings is 1. The fourth-order valence-corrected chi connectivity index (χ4v) is 9.62. The Morgan fingerprint density at radius 3 is 2.19 bits per heavy atom. The molecular weight excluding hydrogens is 492 g/mol. The highest BCUT2D eigenvalue weighted by Crippen LogP contribution is 2.64. The number of allylic oxidation sites excluding steroid dienone is 1. The highest BCUT2D eigenvalue weighted by atomic mass is 28.4. The standard InChI is InChI=1S/C32H53FO2Si2/c1-29(2,3)36(8,9)34-24-13-15-26-23(20-24)12-14-27-28-21-25(35-37(10,11)30(4,5)6)22-31(28,7)16-17-32(26,27)18-19-33/h13,15,18-20,25,27-28H,12,14,16-17,21-22H2,1-11H3/t25-,27+,28+,31-,32+/m1/s1. The van der Waals surface area contributed by atoms with Gasteiger partial charge in [0.25, 0.3) is 0 Å². The third kappa shape index (κ3) is 5.06. The molecule has 0 aromatic heterocycles. The summed E-state index contributed by atoms with van der Waals surface area (Å²) in [6.45, 7) is 25.7. The van der Waals surface area contributed by atoms with E-state index in [1.807, 2.05) is 6.08 Å². The summed E-state index contributed by atoms with van der Waals surface area (Å²) in [7, 11) is -3.74. The van der Waals surface area contributed by atoms with Crippen molar-refractivity contribution in [3.63, 3.8) is 0 Å². The van der Waals surface area contributed by atoms with Gasteiger partial charge in [0.1, 0.15) is 5.75 Å². The summed E-state index contributed by atoms with van der Waals surface area (Å²) in [5.74, 6) is 2.03. The second-order valence-electron chi connectivity index (χ2n) is 15.9. The first kappa shape index (κ1) is 29.1. The number of aryl methyl sites for hydroxylation is 1. The van der Waals surface area contributed by atoms with Gasteiger partial charge in [-0.1, -0.05) is 54.5 Å². The van der Waals surface area contributed by atoms with E-state index in [4.69, 9.17) is 8.85 Å². The number of rotatable bonds is 5. The van der Waals surface area contributed by atoms with E-state index in [0.29, 0.717) is 17.9 Å². The third-order valence-electron chi connectivity index (χ3n) is 11.5. The molecule has 4 rings (SSSR count). The van der Waals surface area contributed by atoms with Gasteiger partial charge in [-0.25, -0.2) is 4.39 Å². The van der Waals surface area contributed by atoms with Crippen LogP contribution < -0.4 is 4.43 Å². The fourth-order valence-electron chi connectivity index (χ4n) is 7.24. The highest BCUT2D eigenvalue weighted by molar-refractivity contribution is 6.75. The first-order valence-corrected chi connectivity index (χ1v) is 20.5. The van der Waals surface area contributed by atoms with Crippen LogP contribution in [0.2, 0.25) is 36.3 Å². The van der Waals surface area contributed by atoms with E-state index in [9.17, 15) is 4.39 Å². The Kier molecular flexibility index (Phi) is 7.33. The van der Waals surface area contributed by atoms with Gasteiger partial charge in [-0.15, -0.1) is 0 Å². The minimum Gasteiger partial charge on any atom is -0.543 e. The summed E-state index contributed by atoms with van der Waals surface area (Å²) in [5.41, 5.74) is 2.78. The predicted molar refractivity (Wildman–Crippen MR) is 160 cm³/mol. The first-order valence-electron chi connectivity index (χ1n) is 14.6. The van der Waals surface area contributed by atoms with Crippen LogP contribution in [0.15, 0.2) is 30.6 Å². The van der Waals surface area contributed by atoms with Crippen LogP contribution in [0.3, 0.4) is 0 Å². The number of fused-ring (bicyclic) bond motifs is 5. The Labute approximate surface area is 229 Å². The van der Waals surface area contributed by atoms with Crippen LogP contribution in [0.4, 0.5) is 4.39 Å². The number of hydrogen-bond donors (Lipinski definition) is 0. The Morgan fingerprint density at radius 2 is 1.59 bits per heavy atom. The fraction of sp³-hybridized carbons (Fsp3) is 0.750. The summed E-state index contributed by atoms with van der Waals surface area (Å²) in [4.78, 5) is 0. The van der Waals surface area contributed by atoms with Crippen molar-refractivity contribution in [2.45, 2.75) is 135 Å². The van der Waals surface area contributed by atoms with Crippen LogP contribution in [-0.4, -0.2) is 22.7 Å². The zero-order chi connectivity index (χ0) is 27.7. The Morgan fingerprint density at radius 1 is 0.946 bits per heavy atom. The Balaban J connectivity index is 1.64. The molecule has 3 aliphatic carbocycles. The SMILES string of the molecule is CC(C)(C)[Si](C)(C)Oc1ccc2c(c1)CC[C@H]1[C@@H]3C[C@@H](O[Si](C)(C)C(C)(C)C)C[C@@]3(C)CC[C@]21C=CF. The van der Waals surface area contributed by atoms with E-state index in [1.165, 1.54) is 11.1 Å². The van der Waals surface area contributed by atoms with Crippen molar-refractivity contribution in [3.05, 3.63) is 41.7 Å². The minimum absolute atomic E-state index is 0.158. The molecule has 2 fully saturated rings. The second-order valence-corrected chi connectivity index (χ2v) is 25.3. The van der Waals surface area contributed by atoms with Gasteiger partial charge in [0.15, 0.2) is 8.32 Å². The van der Waals surface area contributed by atoms with Crippen molar-refractivity contribution >= 4 is 16.6 Å². The first-order chi connectivity index (χ1) is 16.9. The highest BCUT2D eigenvalue weighted by Gasteiger charge is 2.59. The summed E-state index contributed by atoms with van der Waals surface area (Å²) in [6.07, 6.45) is 9.70. The smallest absolute Gasteiger partial charge is 0.250 e. The van der Waals surface area contributed by atoms with E-state index >= 15 is 0 Å². The molecule has 2 saturated carbocycles. The van der Waals surface area contributed by atoms with E-state index in [0.717, 1.165) is 50.6 Å². The summed E-state index contributed by atoms with van der Waals surface area (Å²) in [6, 6.07) is 6.73. The van der Waals surface area contributed by atoms with Crippen LogP contribution >= 0.6 is 0 Å². The molecule has 0 spiro atoms. The molecule has 0 unspecified atom stereocenters. The number of hydrogen-bond acceptors (Lipinski definition) is 2. The van der Waals surface area contributed by atoms with Gasteiger partial charge in [0.2, 0.25) is 8.32 Å². The van der Waals surface area contributed by atoms with Gasteiger partial charge in [0.05, 0.1) is 6.33 Å². The summed E-state index contributed by atoms with van der Waals surface area (Å²) in [5, 5.41) is 0.377. The lowest BCUT2D eigenvalue weighted by Gasteiger charge is -2.55. The molecule has 208 valence electrons. The van der Waals surface area contributed by atoms with Gasteiger partial charge < -0.3 is 8.85 Å². The van der Waals surface area contributed by atoms with Gasteiger partial charge >= 0.3 is 0 Å². The molecule has 0 amide bonds. The molecule has 1 aromatic carbocycles. The van der Waals surface area contributed by atoms with Crippen LogP contribution in [-0.2, 0) is 16.3 Å². The van der Waals surface area contributed by atoms with E-state index in [-0.39, 0.29) is 20.9 Å². The molecule has 3 aliphatic rings. The molecule has 1 aromatic rings. The Bertz CT molecular complexity index is 1030. The van der Waals surface area contributed by atoms with Crippen LogP contribution in [0.5, 0.6) is 5.75 Å². The van der Waals surface area contributed by atoms with Crippen molar-refractivity contribution in [1.29, 1.82) is 0 Å². The van der Waals surface area contributed by atoms with Gasteiger partial charge in [-0.3, -0.25) is 0 Å². The molecule has 0 bridgehead atoms. The van der Waals surface area contributed by atoms with Gasteiger partial charge in [-0.05, 0) is 121 Å².